The molecule has 2 heterocycles. The van der Waals surface area contributed by atoms with Gasteiger partial charge < -0.3 is 20.9 Å². The molecule has 4 rings (SSSR count). The number of rotatable bonds is 6. The van der Waals surface area contributed by atoms with Crippen LogP contribution in [0.4, 0.5) is 5.69 Å². The number of Topliss-reactive ketones (excluding diaryl/α,β-unsaturated/α-hetero) is 1. The first kappa shape index (κ1) is 24.4. The fraction of sp³-hybridized carbons (Fsp3) is 0.423. The van der Waals surface area contributed by atoms with Crippen LogP contribution >= 0.6 is 0 Å². The van der Waals surface area contributed by atoms with Gasteiger partial charge in [0, 0.05) is 62.4 Å². The maximum Gasteiger partial charge on any atom is 0.251 e. The van der Waals surface area contributed by atoms with E-state index in [1.165, 1.54) is 4.90 Å². The quantitative estimate of drug-likeness (QED) is 0.481. The third-order valence-corrected chi connectivity index (χ3v) is 7.27. The van der Waals surface area contributed by atoms with Gasteiger partial charge in [0.2, 0.25) is 11.8 Å². The lowest BCUT2D eigenvalue weighted by Gasteiger charge is -2.33. The molecule has 2 aliphatic rings. The van der Waals surface area contributed by atoms with Crippen molar-refractivity contribution in [1.82, 2.24) is 20.1 Å². The van der Waals surface area contributed by atoms with Crippen molar-refractivity contribution in [3.8, 4) is 0 Å². The number of nitrogens with zero attached hydrogens (tertiary/aromatic N) is 3. The van der Waals surface area contributed by atoms with Gasteiger partial charge in [0.05, 0.1) is 17.3 Å². The van der Waals surface area contributed by atoms with Gasteiger partial charge in [-0.2, -0.15) is 0 Å². The van der Waals surface area contributed by atoms with Crippen LogP contribution in [0, 0.1) is 17.3 Å². The largest absolute Gasteiger partial charge is 0.398 e. The zero-order valence-electron chi connectivity index (χ0n) is 20.2. The van der Waals surface area contributed by atoms with Gasteiger partial charge in [0.1, 0.15) is 0 Å². The van der Waals surface area contributed by atoms with Crippen LogP contribution in [0.25, 0.3) is 0 Å². The average Bonchev–Trinajstić information content (AvgIpc) is 3.50. The maximum atomic E-state index is 13.6. The molecule has 0 spiro atoms. The number of benzene rings is 1. The minimum Gasteiger partial charge on any atom is -0.398 e. The van der Waals surface area contributed by atoms with E-state index in [9.17, 15) is 19.2 Å². The van der Waals surface area contributed by atoms with Gasteiger partial charge >= 0.3 is 0 Å². The number of carbonyl (C=O) groups excluding carboxylic acids is 4. The van der Waals surface area contributed by atoms with Gasteiger partial charge in [-0.05, 0) is 37.1 Å². The van der Waals surface area contributed by atoms with Crippen LogP contribution in [0.5, 0.6) is 0 Å². The predicted octanol–water partition coefficient (Wildman–Crippen LogP) is 1.61. The highest BCUT2D eigenvalue weighted by Gasteiger charge is 2.73. The normalized spacial score (nSPS) is 23.9. The fourth-order valence-electron chi connectivity index (χ4n) is 5.08. The molecule has 1 saturated heterocycles. The number of aromatic nitrogens is 1. The molecule has 0 unspecified atom stereocenters. The number of nitrogens with two attached hydrogens (primary N) is 1. The second-order valence-corrected chi connectivity index (χ2v) is 9.70. The van der Waals surface area contributed by atoms with Crippen LogP contribution in [-0.4, -0.2) is 71.5 Å². The molecule has 2 fully saturated rings. The average molecular weight is 478 g/mol. The van der Waals surface area contributed by atoms with Crippen LogP contribution in [0.2, 0.25) is 0 Å². The number of hydrogen-bond donors (Lipinski definition) is 2. The Morgan fingerprint density at radius 1 is 1.03 bits per heavy atom. The van der Waals surface area contributed by atoms with Gasteiger partial charge in [-0.1, -0.05) is 19.1 Å². The second kappa shape index (κ2) is 9.48. The lowest BCUT2D eigenvalue weighted by atomic mass is 9.91. The molecule has 3 N–H and O–H groups in total. The summed E-state index contributed by atoms with van der Waals surface area (Å²) < 4.78 is 0. The number of likely N-dealkylation sites (tertiary alicyclic amines) is 1. The van der Waals surface area contributed by atoms with E-state index in [0.717, 1.165) is 0 Å². The third-order valence-electron chi connectivity index (χ3n) is 7.27. The van der Waals surface area contributed by atoms with Crippen molar-refractivity contribution in [3.05, 3.63) is 59.9 Å². The Morgan fingerprint density at radius 3 is 2.26 bits per heavy atom. The Morgan fingerprint density at radius 2 is 1.66 bits per heavy atom. The first-order chi connectivity index (χ1) is 16.7. The van der Waals surface area contributed by atoms with Gasteiger partial charge in [0.15, 0.2) is 5.78 Å². The SMILES string of the molecule is CN(C)C(=O)[C@H]1[C@@H](C(=O)N2CCC(NC(=O)c3ccncc3)CC2)[C@@]1(C)C(=O)c1ccccc1N. The van der Waals surface area contributed by atoms with Crippen molar-refractivity contribution >= 4 is 29.2 Å². The summed E-state index contributed by atoms with van der Waals surface area (Å²) >= 11 is 0. The van der Waals surface area contributed by atoms with Crippen LogP contribution in [0.15, 0.2) is 48.8 Å². The van der Waals surface area contributed by atoms with E-state index in [0.29, 0.717) is 42.7 Å². The molecule has 2 aromatic rings. The van der Waals surface area contributed by atoms with Crippen molar-refractivity contribution in [2.24, 2.45) is 17.3 Å². The molecule has 3 atom stereocenters. The summed E-state index contributed by atoms with van der Waals surface area (Å²) in [6.45, 7) is 2.58. The highest BCUT2D eigenvalue weighted by atomic mass is 16.2. The molecule has 1 aliphatic carbocycles. The summed E-state index contributed by atoms with van der Waals surface area (Å²) in [5.74, 6) is -2.38. The molecule has 1 aromatic carbocycles. The molecule has 1 saturated carbocycles. The van der Waals surface area contributed by atoms with E-state index in [-0.39, 0.29) is 29.5 Å². The summed E-state index contributed by atoms with van der Waals surface area (Å²) in [6.07, 6.45) is 4.33. The smallest absolute Gasteiger partial charge is 0.251 e. The van der Waals surface area contributed by atoms with Gasteiger partial charge in [-0.15, -0.1) is 0 Å². The highest BCUT2D eigenvalue weighted by molar-refractivity contribution is 6.14. The number of nitrogens with one attached hydrogen (secondary N) is 1. The molecular weight excluding hydrogens is 446 g/mol. The molecule has 1 aliphatic heterocycles. The number of para-hydroxylation sites is 1. The van der Waals surface area contributed by atoms with Crippen LogP contribution in [-0.2, 0) is 9.59 Å². The molecule has 184 valence electrons. The van der Waals surface area contributed by atoms with Crippen molar-refractivity contribution in [2.45, 2.75) is 25.8 Å². The molecule has 0 bridgehead atoms. The Bertz CT molecular complexity index is 1140. The van der Waals surface area contributed by atoms with Gasteiger partial charge in [-0.25, -0.2) is 0 Å². The van der Waals surface area contributed by atoms with E-state index in [1.54, 1.807) is 74.7 Å². The predicted molar refractivity (Wildman–Crippen MR) is 130 cm³/mol. The molecule has 1 aromatic heterocycles. The highest BCUT2D eigenvalue weighted by Crippen LogP contribution is 2.62. The molecule has 3 amide bonds. The maximum absolute atomic E-state index is 13.6. The lowest BCUT2D eigenvalue weighted by molar-refractivity contribution is -0.137. The van der Waals surface area contributed by atoms with Gasteiger partial charge in [0.25, 0.3) is 5.91 Å². The number of pyridine rings is 1. The second-order valence-electron chi connectivity index (χ2n) is 9.70. The van der Waals surface area contributed by atoms with E-state index < -0.39 is 17.3 Å². The molecule has 35 heavy (non-hydrogen) atoms. The lowest BCUT2D eigenvalue weighted by Crippen LogP contribution is -2.47. The topological polar surface area (TPSA) is 126 Å². The van der Waals surface area contributed by atoms with E-state index >= 15 is 0 Å². The number of nitrogen functional groups attached to an aromatic ring is 1. The number of ketones is 1. The zero-order valence-corrected chi connectivity index (χ0v) is 20.2. The number of carbonyl (C=O) groups is 4. The summed E-state index contributed by atoms with van der Waals surface area (Å²) in [5, 5.41) is 3.01. The van der Waals surface area contributed by atoms with Crippen LogP contribution < -0.4 is 11.1 Å². The Hall–Kier alpha value is -3.75. The first-order valence-electron chi connectivity index (χ1n) is 11.8. The van der Waals surface area contributed by atoms with Crippen LogP contribution in [0.3, 0.4) is 0 Å². The van der Waals surface area contributed by atoms with E-state index in [2.05, 4.69) is 10.3 Å². The Kier molecular flexibility index (Phi) is 6.60. The summed E-state index contributed by atoms with van der Waals surface area (Å²) in [5.41, 5.74) is 6.09. The molecule has 0 radical (unpaired) electrons. The number of amides is 3. The summed E-state index contributed by atoms with van der Waals surface area (Å²) in [6, 6.07) is 9.99. The number of piperidine rings is 1. The van der Waals surface area contributed by atoms with Crippen molar-refractivity contribution in [1.29, 1.82) is 0 Å². The zero-order chi connectivity index (χ0) is 25.3. The first-order valence-corrected chi connectivity index (χ1v) is 11.8. The Balaban J connectivity index is 1.46. The van der Waals surface area contributed by atoms with Crippen LogP contribution in [0.1, 0.15) is 40.5 Å². The third kappa shape index (κ3) is 4.50. The summed E-state index contributed by atoms with van der Waals surface area (Å²) in [4.78, 5) is 59.6. The molecule has 9 nitrogen and oxygen atoms in total. The van der Waals surface area contributed by atoms with E-state index in [4.69, 9.17) is 5.73 Å². The van der Waals surface area contributed by atoms with Gasteiger partial charge in [-0.3, -0.25) is 24.2 Å². The van der Waals surface area contributed by atoms with Crippen molar-refractivity contribution < 1.29 is 19.2 Å². The monoisotopic (exact) mass is 477 g/mol. The minimum absolute atomic E-state index is 0.0599. The van der Waals surface area contributed by atoms with E-state index in [1.807, 2.05) is 0 Å². The molecule has 9 heteroatoms. The standard InChI is InChI=1S/C26H31N5O4/c1-26(22(32)18-6-4-5-7-19(18)27)20(24(34)30(2)3)21(26)25(35)31-14-10-17(11-15-31)29-23(33)16-8-12-28-13-9-16/h4-9,12-13,17,20-21H,10-11,14-15,27H2,1-3H3,(H,29,33)/t20-,21+,26+/m1/s1. The number of hydrogen-bond acceptors (Lipinski definition) is 6. The number of anilines is 1. The Labute approximate surface area is 204 Å². The fourth-order valence-corrected chi connectivity index (χ4v) is 5.08. The van der Waals surface area contributed by atoms with Crippen molar-refractivity contribution in [2.75, 3.05) is 32.9 Å². The van der Waals surface area contributed by atoms with Crippen molar-refractivity contribution in [3.63, 3.8) is 0 Å². The minimum atomic E-state index is -1.15. The summed E-state index contributed by atoms with van der Waals surface area (Å²) in [7, 11) is 3.25. The molecular formula is C26H31N5O4.